The quantitative estimate of drug-likeness (QED) is 0.450. The Morgan fingerprint density at radius 2 is 1.69 bits per heavy atom. The average Bonchev–Trinajstić information content (AvgIpc) is 2.05. The van der Waals surface area contributed by atoms with Crippen LogP contribution in [-0.4, -0.2) is 5.54 Å². The van der Waals surface area contributed by atoms with E-state index in [9.17, 15) is 0 Å². The molecule has 0 rings (SSSR count). The van der Waals surface area contributed by atoms with Crippen molar-refractivity contribution in [3.63, 3.8) is 0 Å². The minimum atomic E-state index is -0.0847. The molecule has 0 amide bonds. The summed E-state index contributed by atoms with van der Waals surface area (Å²) >= 11 is 0. The standard InChI is InChI=1S/C12H23N/c1-4-7-8-11-12(13,9-5-2)10-6-3/h5-6H,2-4,7-11,13H2,1H3. The highest BCUT2D eigenvalue weighted by molar-refractivity contribution is 4.95. The summed E-state index contributed by atoms with van der Waals surface area (Å²) in [6.07, 6.45) is 10.4. The van der Waals surface area contributed by atoms with Crippen molar-refractivity contribution in [1.29, 1.82) is 0 Å². The van der Waals surface area contributed by atoms with Crippen LogP contribution in [0.5, 0.6) is 0 Å². The first-order valence-electron chi connectivity index (χ1n) is 5.19. The lowest BCUT2D eigenvalue weighted by molar-refractivity contribution is 0.383. The van der Waals surface area contributed by atoms with Crippen molar-refractivity contribution >= 4 is 0 Å². The summed E-state index contributed by atoms with van der Waals surface area (Å²) in [5, 5.41) is 0. The summed E-state index contributed by atoms with van der Waals surface area (Å²) in [6, 6.07) is 0. The second kappa shape index (κ2) is 6.90. The second-order valence-corrected chi connectivity index (χ2v) is 3.81. The van der Waals surface area contributed by atoms with E-state index >= 15 is 0 Å². The number of rotatable bonds is 8. The Kier molecular flexibility index (Phi) is 6.61. The molecule has 0 aliphatic heterocycles. The van der Waals surface area contributed by atoms with Gasteiger partial charge in [-0.15, -0.1) is 13.2 Å². The molecule has 0 saturated carbocycles. The Morgan fingerprint density at radius 1 is 1.15 bits per heavy atom. The summed E-state index contributed by atoms with van der Waals surface area (Å²) in [7, 11) is 0. The zero-order chi connectivity index (χ0) is 10.2. The van der Waals surface area contributed by atoms with Crippen LogP contribution >= 0.6 is 0 Å². The van der Waals surface area contributed by atoms with Gasteiger partial charge in [-0.1, -0.05) is 38.3 Å². The fourth-order valence-corrected chi connectivity index (χ4v) is 1.59. The Hall–Kier alpha value is -0.560. The molecule has 0 saturated heterocycles. The molecule has 1 nitrogen and oxygen atoms in total. The molecule has 0 radical (unpaired) electrons. The van der Waals surface area contributed by atoms with Gasteiger partial charge in [0.25, 0.3) is 0 Å². The van der Waals surface area contributed by atoms with Crippen molar-refractivity contribution < 1.29 is 0 Å². The summed E-state index contributed by atoms with van der Waals surface area (Å²) in [5.74, 6) is 0. The van der Waals surface area contributed by atoms with E-state index in [0.717, 1.165) is 19.3 Å². The van der Waals surface area contributed by atoms with Crippen LogP contribution in [-0.2, 0) is 0 Å². The number of nitrogens with two attached hydrogens (primary N) is 1. The van der Waals surface area contributed by atoms with Crippen LogP contribution in [0.15, 0.2) is 25.3 Å². The summed E-state index contributed by atoms with van der Waals surface area (Å²) in [6.45, 7) is 9.69. The summed E-state index contributed by atoms with van der Waals surface area (Å²) in [5.41, 5.74) is 6.13. The topological polar surface area (TPSA) is 26.0 Å². The van der Waals surface area contributed by atoms with Crippen molar-refractivity contribution in [3.8, 4) is 0 Å². The van der Waals surface area contributed by atoms with Crippen molar-refractivity contribution in [2.45, 2.75) is 51.0 Å². The van der Waals surface area contributed by atoms with Gasteiger partial charge >= 0.3 is 0 Å². The van der Waals surface area contributed by atoms with Crippen LogP contribution in [0, 0.1) is 0 Å². The van der Waals surface area contributed by atoms with E-state index < -0.39 is 0 Å². The van der Waals surface area contributed by atoms with E-state index in [-0.39, 0.29) is 5.54 Å². The van der Waals surface area contributed by atoms with Gasteiger partial charge in [0.05, 0.1) is 0 Å². The predicted octanol–water partition coefficient (Wildman–Crippen LogP) is 3.42. The lowest BCUT2D eigenvalue weighted by Gasteiger charge is -2.27. The first kappa shape index (κ1) is 12.4. The van der Waals surface area contributed by atoms with E-state index in [1.807, 2.05) is 12.2 Å². The highest BCUT2D eigenvalue weighted by Crippen LogP contribution is 2.21. The highest BCUT2D eigenvalue weighted by Gasteiger charge is 2.20. The van der Waals surface area contributed by atoms with E-state index in [4.69, 9.17) is 5.73 Å². The van der Waals surface area contributed by atoms with Crippen LogP contribution in [0.2, 0.25) is 0 Å². The fraction of sp³-hybridized carbons (Fsp3) is 0.667. The van der Waals surface area contributed by atoms with Crippen molar-refractivity contribution in [1.82, 2.24) is 0 Å². The summed E-state index contributed by atoms with van der Waals surface area (Å²) in [4.78, 5) is 0. The van der Waals surface area contributed by atoms with Crippen molar-refractivity contribution in [3.05, 3.63) is 25.3 Å². The molecule has 2 N–H and O–H groups in total. The second-order valence-electron chi connectivity index (χ2n) is 3.81. The lowest BCUT2D eigenvalue weighted by atomic mass is 9.87. The minimum absolute atomic E-state index is 0.0847. The summed E-state index contributed by atoms with van der Waals surface area (Å²) < 4.78 is 0. The molecule has 0 fully saturated rings. The molecule has 0 aromatic rings. The van der Waals surface area contributed by atoms with E-state index in [1.54, 1.807) is 0 Å². The molecule has 0 atom stereocenters. The molecule has 1 heteroatoms. The molecule has 13 heavy (non-hydrogen) atoms. The Balaban J connectivity index is 3.90. The molecular formula is C12H23N. The molecule has 0 aromatic carbocycles. The minimum Gasteiger partial charge on any atom is -0.325 e. The fourth-order valence-electron chi connectivity index (χ4n) is 1.59. The van der Waals surface area contributed by atoms with Gasteiger partial charge in [0.15, 0.2) is 0 Å². The molecule has 0 spiro atoms. The highest BCUT2D eigenvalue weighted by atomic mass is 14.7. The van der Waals surface area contributed by atoms with Crippen LogP contribution in [0.3, 0.4) is 0 Å². The zero-order valence-electron chi connectivity index (χ0n) is 8.89. The van der Waals surface area contributed by atoms with Gasteiger partial charge in [-0.2, -0.15) is 0 Å². The Labute approximate surface area is 82.7 Å². The molecule has 0 aromatic heterocycles. The Bertz CT molecular complexity index is 139. The monoisotopic (exact) mass is 181 g/mol. The van der Waals surface area contributed by atoms with E-state index in [0.29, 0.717) is 0 Å². The number of unbranched alkanes of at least 4 members (excludes halogenated alkanes) is 2. The maximum absolute atomic E-state index is 6.22. The smallest absolute Gasteiger partial charge is 0.0223 e. The third-order valence-corrected chi connectivity index (χ3v) is 2.38. The predicted molar refractivity (Wildman–Crippen MR) is 60.7 cm³/mol. The lowest BCUT2D eigenvalue weighted by Crippen LogP contribution is -2.38. The Morgan fingerprint density at radius 3 is 2.08 bits per heavy atom. The number of hydrogen-bond donors (Lipinski definition) is 1. The maximum atomic E-state index is 6.22. The van der Waals surface area contributed by atoms with Gasteiger partial charge in [-0.3, -0.25) is 0 Å². The van der Waals surface area contributed by atoms with E-state index in [2.05, 4.69) is 20.1 Å². The molecule has 0 unspecified atom stereocenters. The van der Waals surface area contributed by atoms with Crippen LogP contribution in [0.4, 0.5) is 0 Å². The molecule has 0 aliphatic rings. The first-order valence-corrected chi connectivity index (χ1v) is 5.19. The third-order valence-electron chi connectivity index (χ3n) is 2.38. The molecule has 0 bridgehead atoms. The zero-order valence-corrected chi connectivity index (χ0v) is 8.89. The van der Waals surface area contributed by atoms with Crippen LogP contribution < -0.4 is 5.73 Å². The van der Waals surface area contributed by atoms with Gasteiger partial charge in [-0.25, -0.2) is 0 Å². The van der Waals surface area contributed by atoms with Gasteiger partial charge in [0.2, 0.25) is 0 Å². The van der Waals surface area contributed by atoms with E-state index in [1.165, 1.54) is 19.3 Å². The molecule has 0 heterocycles. The van der Waals surface area contributed by atoms with Gasteiger partial charge < -0.3 is 5.73 Å². The average molecular weight is 181 g/mol. The third kappa shape index (κ3) is 5.64. The maximum Gasteiger partial charge on any atom is 0.0223 e. The SMILES string of the molecule is C=CCC(N)(CC=C)CCCCC. The molecule has 0 aliphatic carbocycles. The molecule has 76 valence electrons. The van der Waals surface area contributed by atoms with Gasteiger partial charge in [0.1, 0.15) is 0 Å². The van der Waals surface area contributed by atoms with Crippen LogP contribution in [0.25, 0.3) is 0 Å². The normalized spacial score (nSPS) is 11.2. The number of hydrogen-bond acceptors (Lipinski definition) is 1. The molecular weight excluding hydrogens is 158 g/mol. The van der Waals surface area contributed by atoms with Crippen molar-refractivity contribution in [2.75, 3.05) is 0 Å². The van der Waals surface area contributed by atoms with Gasteiger partial charge in [0, 0.05) is 5.54 Å². The largest absolute Gasteiger partial charge is 0.325 e. The van der Waals surface area contributed by atoms with Crippen molar-refractivity contribution in [2.24, 2.45) is 5.73 Å². The van der Waals surface area contributed by atoms with Gasteiger partial charge in [-0.05, 0) is 19.3 Å². The van der Waals surface area contributed by atoms with Crippen LogP contribution in [0.1, 0.15) is 45.4 Å². The first-order chi connectivity index (χ1) is 6.18.